The minimum atomic E-state index is 0.855. The van der Waals surface area contributed by atoms with Crippen molar-refractivity contribution in [2.75, 3.05) is 19.6 Å². The van der Waals surface area contributed by atoms with Crippen molar-refractivity contribution in [1.29, 1.82) is 0 Å². The van der Waals surface area contributed by atoms with Gasteiger partial charge in [0, 0.05) is 24.7 Å². The molecule has 0 aromatic carbocycles. The van der Waals surface area contributed by atoms with Crippen LogP contribution in [0, 0.1) is 17.8 Å². The van der Waals surface area contributed by atoms with Crippen molar-refractivity contribution >= 4 is 0 Å². The van der Waals surface area contributed by atoms with Crippen LogP contribution in [0.3, 0.4) is 0 Å². The topological polar surface area (TPSA) is 6.48 Å². The number of piperidine rings is 4. The molecule has 0 aliphatic carbocycles. The van der Waals surface area contributed by atoms with Crippen LogP contribution in [-0.4, -0.2) is 47.6 Å². The van der Waals surface area contributed by atoms with E-state index in [2.05, 4.69) is 23.6 Å². The van der Waals surface area contributed by atoms with E-state index in [1.165, 1.54) is 64.6 Å². The Bertz CT molecular complexity index is 365. The van der Waals surface area contributed by atoms with Gasteiger partial charge in [-0.25, -0.2) is 0 Å². The Hall–Kier alpha value is -0.0800. The highest BCUT2D eigenvalue weighted by Crippen LogP contribution is 2.47. The molecule has 120 valence electrons. The van der Waals surface area contributed by atoms with Gasteiger partial charge < -0.3 is 0 Å². The quantitative estimate of drug-likeness (QED) is 0.764. The standard InChI is InChI=1S/C19H34N2/c1-14(2)11-19-16-12-15(17-7-4-6-10-21(17)19)13-20-9-5-3-8-18(16)20/h14-19H,3-13H2,1-2H3/t15-,16+,17-,18+,19?/m0/s1. The lowest BCUT2D eigenvalue weighted by molar-refractivity contribution is -0.111. The Kier molecular flexibility index (Phi) is 4.04. The molecule has 2 bridgehead atoms. The van der Waals surface area contributed by atoms with Crippen LogP contribution < -0.4 is 0 Å². The van der Waals surface area contributed by atoms with E-state index >= 15 is 0 Å². The number of fused-ring (bicyclic) bond motifs is 6. The van der Waals surface area contributed by atoms with Crippen LogP contribution in [0.15, 0.2) is 0 Å². The van der Waals surface area contributed by atoms with Gasteiger partial charge >= 0.3 is 0 Å². The van der Waals surface area contributed by atoms with Gasteiger partial charge in [0.1, 0.15) is 0 Å². The van der Waals surface area contributed by atoms with E-state index < -0.39 is 0 Å². The fourth-order valence-corrected chi connectivity index (χ4v) is 6.24. The third-order valence-corrected chi connectivity index (χ3v) is 6.97. The van der Waals surface area contributed by atoms with Crippen molar-refractivity contribution in [2.24, 2.45) is 17.8 Å². The van der Waals surface area contributed by atoms with Gasteiger partial charge in [-0.15, -0.1) is 0 Å². The minimum absolute atomic E-state index is 0.855. The van der Waals surface area contributed by atoms with Crippen LogP contribution in [0.4, 0.5) is 0 Å². The van der Waals surface area contributed by atoms with Gasteiger partial charge in [-0.05, 0) is 69.4 Å². The van der Waals surface area contributed by atoms with E-state index in [0.29, 0.717) is 0 Å². The Morgan fingerprint density at radius 1 is 0.952 bits per heavy atom. The first kappa shape index (κ1) is 14.5. The van der Waals surface area contributed by atoms with Crippen molar-refractivity contribution in [2.45, 2.75) is 83.3 Å². The highest BCUT2D eigenvalue weighted by atomic mass is 15.3. The molecule has 5 atom stereocenters. The van der Waals surface area contributed by atoms with Crippen LogP contribution in [0.5, 0.6) is 0 Å². The summed E-state index contributed by atoms with van der Waals surface area (Å²) in [6.07, 6.45) is 11.9. The van der Waals surface area contributed by atoms with E-state index in [1.807, 2.05) is 0 Å². The molecule has 0 aromatic heterocycles. The molecule has 0 N–H and O–H groups in total. The molecular weight excluding hydrogens is 256 g/mol. The second-order valence-corrected chi connectivity index (χ2v) is 8.72. The zero-order chi connectivity index (χ0) is 14.4. The van der Waals surface area contributed by atoms with Crippen molar-refractivity contribution in [3.05, 3.63) is 0 Å². The Morgan fingerprint density at radius 2 is 1.71 bits per heavy atom. The van der Waals surface area contributed by atoms with Crippen molar-refractivity contribution < 1.29 is 0 Å². The normalized spacial score (nSPS) is 44.4. The number of hydrogen-bond acceptors (Lipinski definition) is 2. The van der Waals surface area contributed by atoms with Gasteiger partial charge in [0.25, 0.3) is 0 Å². The average Bonchev–Trinajstić information content (AvgIpc) is 2.51. The van der Waals surface area contributed by atoms with Crippen LogP contribution in [-0.2, 0) is 0 Å². The molecule has 4 rings (SSSR count). The molecule has 0 amide bonds. The zero-order valence-electron chi connectivity index (χ0n) is 14.1. The predicted molar refractivity (Wildman–Crippen MR) is 88.4 cm³/mol. The summed E-state index contributed by atoms with van der Waals surface area (Å²) in [7, 11) is 0. The second-order valence-electron chi connectivity index (χ2n) is 8.72. The summed E-state index contributed by atoms with van der Waals surface area (Å²) >= 11 is 0. The first-order valence-electron chi connectivity index (χ1n) is 9.74. The van der Waals surface area contributed by atoms with Gasteiger partial charge in [-0.2, -0.15) is 0 Å². The van der Waals surface area contributed by atoms with E-state index in [9.17, 15) is 0 Å². The van der Waals surface area contributed by atoms with Gasteiger partial charge in [0.15, 0.2) is 0 Å². The maximum atomic E-state index is 3.01. The summed E-state index contributed by atoms with van der Waals surface area (Å²) in [4.78, 5) is 5.93. The second kappa shape index (κ2) is 5.85. The van der Waals surface area contributed by atoms with Gasteiger partial charge in [-0.1, -0.05) is 26.7 Å². The summed E-state index contributed by atoms with van der Waals surface area (Å²) in [6.45, 7) is 9.11. The molecule has 0 radical (unpaired) electrons. The van der Waals surface area contributed by atoms with Crippen LogP contribution in [0.2, 0.25) is 0 Å². The van der Waals surface area contributed by atoms with E-state index in [4.69, 9.17) is 0 Å². The van der Waals surface area contributed by atoms with Crippen LogP contribution in [0.25, 0.3) is 0 Å². The summed E-state index contributed by atoms with van der Waals surface area (Å²) in [5.41, 5.74) is 0. The molecular formula is C19H34N2. The summed E-state index contributed by atoms with van der Waals surface area (Å²) in [5.74, 6) is 2.84. The Morgan fingerprint density at radius 3 is 2.52 bits per heavy atom. The van der Waals surface area contributed by atoms with Gasteiger partial charge in [0.05, 0.1) is 0 Å². The number of nitrogens with zero attached hydrogens (tertiary/aromatic N) is 2. The summed E-state index contributed by atoms with van der Waals surface area (Å²) in [5, 5.41) is 0. The smallest absolute Gasteiger partial charge is 0.0144 e. The molecule has 0 aromatic rings. The predicted octanol–water partition coefficient (Wildman–Crippen LogP) is 3.76. The number of hydrogen-bond donors (Lipinski definition) is 0. The third kappa shape index (κ3) is 2.57. The summed E-state index contributed by atoms with van der Waals surface area (Å²) in [6, 6.07) is 2.76. The Balaban J connectivity index is 1.62. The summed E-state index contributed by atoms with van der Waals surface area (Å²) < 4.78 is 0. The SMILES string of the molecule is CC(C)CC1[C@@H]2C[C@@H](CN3CCCC[C@H]23)[C@@H]2CCCCN12. The van der Waals surface area contributed by atoms with E-state index in [0.717, 1.165) is 35.9 Å². The van der Waals surface area contributed by atoms with E-state index in [-0.39, 0.29) is 0 Å². The molecule has 4 heterocycles. The lowest BCUT2D eigenvalue weighted by atomic mass is 9.66. The first-order chi connectivity index (χ1) is 10.2. The highest BCUT2D eigenvalue weighted by Gasteiger charge is 2.51. The molecule has 0 spiro atoms. The van der Waals surface area contributed by atoms with Crippen LogP contribution in [0.1, 0.15) is 65.2 Å². The van der Waals surface area contributed by atoms with Crippen molar-refractivity contribution in [3.8, 4) is 0 Å². The maximum Gasteiger partial charge on any atom is 0.0144 e. The highest BCUT2D eigenvalue weighted by molar-refractivity contribution is 5.05. The minimum Gasteiger partial charge on any atom is -0.300 e. The zero-order valence-corrected chi connectivity index (χ0v) is 14.1. The number of rotatable bonds is 2. The van der Waals surface area contributed by atoms with Crippen LogP contribution >= 0.6 is 0 Å². The van der Waals surface area contributed by atoms with Crippen molar-refractivity contribution in [1.82, 2.24) is 9.80 Å². The molecule has 0 saturated carbocycles. The fraction of sp³-hybridized carbons (Fsp3) is 1.00. The molecule has 2 nitrogen and oxygen atoms in total. The van der Waals surface area contributed by atoms with Crippen molar-refractivity contribution in [3.63, 3.8) is 0 Å². The molecule has 4 aliphatic rings. The lowest BCUT2D eigenvalue weighted by Crippen LogP contribution is -2.67. The monoisotopic (exact) mass is 290 g/mol. The third-order valence-electron chi connectivity index (χ3n) is 6.97. The molecule has 2 heteroatoms. The lowest BCUT2D eigenvalue weighted by Gasteiger charge is -2.61. The van der Waals surface area contributed by atoms with E-state index in [1.54, 1.807) is 6.42 Å². The maximum absolute atomic E-state index is 3.01. The first-order valence-corrected chi connectivity index (χ1v) is 9.74. The molecule has 4 fully saturated rings. The molecule has 4 saturated heterocycles. The molecule has 21 heavy (non-hydrogen) atoms. The molecule has 4 aliphatic heterocycles. The van der Waals surface area contributed by atoms with Gasteiger partial charge in [-0.3, -0.25) is 9.80 Å². The fourth-order valence-electron chi connectivity index (χ4n) is 6.24. The average molecular weight is 290 g/mol. The largest absolute Gasteiger partial charge is 0.300 e. The van der Waals surface area contributed by atoms with Gasteiger partial charge in [0.2, 0.25) is 0 Å². The molecule has 1 unspecified atom stereocenters. The Labute approximate surface area is 131 Å².